The number of rotatable bonds is 2. The molecule has 1 atom stereocenters. The first-order valence-corrected chi connectivity index (χ1v) is 5.71. The lowest BCUT2D eigenvalue weighted by Gasteiger charge is -2.23. The molecule has 0 fully saturated rings. The Morgan fingerprint density at radius 2 is 2.17 bits per heavy atom. The minimum absolute atomic E-state index is 0.161. The molecule has 0 saturated carbocycles. The summed E-state index contributed by atoms with van der Waals surface area (Å²) < 4.78 is 1.62. The van der Waals surface area contributed by atoms with Gasteiger partial charge in [0.15, 0.2) is 0 Å². The molecule has 3 rings (SSSR count). The van der Waals surface area contributed by atoms with E-state index < -0.39 is 5.97 Å². The van der Waals surface area contributed by atoms with E-state index in [0.29, 0.717) is 12.5 Å². The van der Waals surface area contributed by atoms with Crippen LogP contribution >= 0.6 is 0 Å². The number of nitrogens with zero attached hydrogens (tertiary/aromatic N) is 3. The number of carboxylic acids is 1. The van der Waals surface area contributed by atoms with Crippen LogP contribution in [0.3, 0.4) is 0 Å². The summed E-state index contributed by atoms with van der Waals surface area (Å²) >= 11 is 0. The van der Waals surface area contributed by atoms with Gasteiger partial charge in [0.2, 0.25) is 5.95 Å². The predicted molar refractivity (Wildman–Crippen MR) is 64.7 cm³/mol. The Bertz CT molecular complexity index is 579. The molecule has 0 radical (unpaired) electrons. The number of hydrogen-bond acceptors (Lipinski definition) is 4. The highest BCUT2D eigenvalue weighted by molar-refractivity contribution is 5.83. The van der Waals surface area contributed by atoms with Gasteiger partial charge in [-0.15, -0.1) is 5.10 Å². The Labute approximate surface area is 103 Å². The maximum atomic E-state index is 10.8. The van der Waals surface area contributed by atoms with Crippen LogP contribution in [0, 0.1) is 0 Å². The van der Waals surface area contributed by atoms with Crippen molar-refractivity contribution in [2.24, 2.45) is 0 Å². The lowest BCUT2D eigenvalue weighted by atomic mass is 9.98. The highest BCUT2D eigenvalue weighted by Gasteiger charge is 2.23. The van der Waals surface area contributed by atoms with E-state index in [9.17, 15) is 4.79 Å². The van der Waals surface area contributed by atoms with Crippen LogP contribution in [0.15, 0.2) is 30.3 Å². The van der Waals surface area contributed by atoms with Gasteiger partial charge in [-0.2, -0.15) is 4.98 Å². The zero-order valence-electron chi connectivity index (χ0n) is 9.58. The van der Waals surface area contributed by atoms with Crippen LogP contribution in [0.1, 0.15) is 22.1 Å². The second kappa shape index (κ2) is 4.14. The van der Waals surface area contributed by atoms with E-state index in [0.717, 1.165) is 6.54 Å². The molecule has 6 nitrogen and oxygen atoms in total. The summed E-state index contributed by atoms with van der Waals surface area (Å²) in [6.07, 6.45) is 0. The summed E-state index contributed by atoms with van der Waals surface area (Å²) in [5.74, 6) is -0.456. The molecule has 1 aliphatic rings. The molecule has 0 saturated heterocycles. The highest BCUT2D eigenvalue weighted by atomic mass is 16.4. The van der Waals surface area contributed by atoms with Gasteiger partial charge in [0.25, 0.3) is 5.82 Å². The van der Waals surface area contributed by atoms with Gasteiger partial charge in [-0.25, -0.2) is 9.48 Å². The van der Waals surface area contributed by atoms with Crippen LogP contribution in [0.5, 0.6) is 0 Å². The van der Waals surface area contributed by atoms with Gasteiger partial charge < -0.3 is 10.4 Å². The fraction of sp³-hybridized carbons (Fsp3) is 0.250. The van der Waals surface area contributed by atoms with Crippen molar-refractivity contribution in [2.45, 2.75) is 12.5 Å². The third kappa shape index (κ3) is 1.81. The SMILES string of the molecule is O=C(O)c1nc2n(n1)CC(c1ccccc1)CN2. The molecule has 2 aromatic rings. The first kappa shape index (κ1) is 10.8. The van der Waals surface area contributed by atoms with Gasteiger partial charge >= 0.3 is 5.97 Å². The second-order valence-corrected chi connectivity index (χ2v) is 4.23. The van der Waals surface area contributed by atoms with Crippen molar-refractivity contribution in [3.63, 3.8) is 0 Å². The molecule has 0 bridgehead atoms. The minimum atomic E-state index is -1.10. The number of aromatic nitrogens is 3. The molecule has 1 aromatic heterocycles. The van der Waals surface area contributed by atoms with E-state index in [1.807, 2.05) is 18.2 Å². The molecule has 6 heteroatoms. The topological polar surface area (TPSA) is 80.0 Å². The van der Waals surface area contributed by atoms with Crippen molar-refractivity contribution in [3.05, 3.63) is 41.7 Å². The van der Waals surface area contributed by atoms with E-state index in [-0.39, 0.29) is 11.7 Å². The van der Waals surface area contributed by atoms with E-state index in [4.69, 9.17) is 5.11 Å². The Balaban J connectivity index is 1.87. The quantitative estimate of drug-likeness (QED) is 0.829. The van der Waals surface area contributed by atoms with E-state index in [1.54, 1.807) is 4.68 Å². The average Bonchev–Trinajstić information content (AvgIpc) is 2.82. The summed E-state index contributed by atoms with van der Waals surface area (Å²) in [7, 11) is 0. The fourth-order valence-electron chi connectivity index (χ4n) is 2.13. The normalized spacial score (nSPS) is 17.9. The maximum absolute atomic E-state index is 10.8. The molecule has 2 N–H and O–H groups in total. The van der Waals surface area contributed by atoms with Crippen molar-refractivity contribution in [2.75, 3.05) is 11.9 Å². The van der Waals surface area contributed by atoms with Crippen LogP contribution in [-0.4, -0.2) is 32.4 Å². The Morgan fingerprint density at radius 3 is 2.89 bits per heavy atom. The summed E-state index contributed by atoms with van der Waals surface area (Å²) in [5, 5.41) is 15.9. The molecule has 18 heavy (non-hydrogen) atoms. The minimum Gasteiger partial charge on any atom is -0.475 e. The van der Waals surface area contributed by atoms with E-state index in [2.05, 4.69) is 27.5 Å². The lowest BCUT2D eigenvalue weighted by molar-refractivity contribution is 0.0683. The fourth-order valence-corrected chi connectivity index (χ4v) is 2.13. The monoisotopic (exact) mass is 244 g/mol. The van der Waals surface area contributed by atoms with Crippen molar-refractivity contribution < 1.29 is 9.90 Å². The predicted octanol–water partition coefficient (Wildman–Crippen LogP) is 1.19. The molecule has 2 heterocycles. The van der Waals surface area contributed by atoms with Gasteiger partial charge in [0.05, 0.1) is 6.54 Å². The zero-order valence-corrected chi connectivity index (χ0v) is 9.58. The van der Waals surface area contributed by atoms with Crippen LogP contribution in [-0.2, 0) is 6.54 Å². The smallest absolute Gasteiger partial charge is 0.375 e. The van der Waals surface area contributed by atoms with E-state index >= 15 is 0 Å². The standard InChI is InChI=1S/C12H12N4O2/c17-11(18)10-14-12-13-6-9(7-16(12)15-10)8-4-2-1-3-5-8/h1-5,9H,6-7H2,(H,17,18)(H,13,14,15). The summed E-state index contributed by atoms with van der Waals surface area (Å²) in [6, 6.07) is 10.1. The first-order valence-electron chi connectivity index (χ1n) is 5.71. The molecular formula is C12H12N4O2. The van der Waals surface area contributed by atoms with Crippen molar-refractivity contribution in [3.8, 4) is 0 Å². The number of aromatic carboxylic acids is 1. The average molecular weight is 244 g/mol. The molecule has 1 unspecified atom stereocenters. The third-order valence-electron chi connectivity index (χ3n) is 3.03. The second-order valence-electron chi connectivity index (χ2n) is 4.23. The Hall–Kier alpha value is -2.37. The van der Waals surface area contributed by atoms with Gasteiger partial charge in [0, 0.05) is 12.5 Å². The van der Waals surface area contributed by atoms with Gasteiger partial charge in [-0.1, -0.05) is 30.3 Å². The van der Waals surface area contributed by atoms with Crippen LogP contribution in [0.2, 0.25) is 0 Å². The Morgan fingerprint density at radius 1 is 1.39 bits per heavy atom. The molecule has 0 spiro atoms. The van der Waals surface area contributed by atoms with Crippen LogP contribution < -0.4 is 5.32 Å². The van der Waals surface area contributed by atoms with Crippen LogP contribution in [0.25, 0.3) is 0 Å². The number of benzene rings is 1. The maximum Gasteiger partial charge on any atom is 0.375 e. The summed E-state index contributed by atoms with van der Waals surface area (Å²) in [4.78, 5) is 14.7. The number of hydrogen-bond donors (Lipinski definition) is 2. The molecule has 1 aromatic carbocycles. The number of nitrogens with one attached hydrogen (secondary N) is 1. The van der Waals surface area contributed by atoms with Gasteiger partial charge in [-0.3, -0.25) is 0 Å². The van der Waals surface area contributed by atoms with Gasteiger partial charge in [0.1, 0.15) is 0 Å². The van der Waals surface area contributed by atoms with Crippen molar-refractivity contribution in [1.29, 1.82) is 0 Å². The third-order valence-corrected chi connectivity index (χ3v) is 3.03. The zero-order chi connectivity index (χ0) is 12.5. The number of fused-ring (bicyclic) bond motifs is 1. The first-order chi connectivity index (χ1) is 8.74. The molecular weight excluding hydrogens is 232 g/mol. The Kier molecular flexibility index (Phi) is 2.47. The molecule has 0 amide bonds. The summed E-state index contributed by atoms with van der Waals surface area (Å²) in [6.45, 7) is 1.38. The van der Waals surface area contributed by atoms with Crippen LogP contribution in [0.4, 0.5) is 5.95 Å². The number of carboxylic acid groups (broad SMARTS) is 1. The van der Waals surface area contributed by atoms with E-state index in [1.165, 1.54) is 5.56 Å². The van der Waals surface area contributed by atoms with Crippen molar-refractivity contribution >= 4 is 11.9 Å². The molecule has 0 aliphatic carbocycles. The number of anilines is 1. The van der Waals surface area contributed by atoms with Gasteiger partial charge in [-0.05, 0) is 5.56 Å². The number of carbonyl (C=O) groups is 1. The highest BCUT2D eigenvalue weighted by Crippen LogP contribution is 2.23. The van der Waals surface area contributed by atoms with Crippen molar-refractivity contribution in [1.82, 2.24) is 14.8 Å². The largest absolute Gasteiger partial charge is 0.475 e. The molecule has 1 aliphatic heterocycles. The lowest BCUT2D eigenvalue weighted by Crippen LogP contribution is -2.26. The molecule has 92 valence electrons. The summed E-state index contributed by atoms with van der Waals surface area (Å²) in [5.41, 5.74) is 1.21.